The molecule has 0 unspecified atom stereocenters. The molecule has 0 aliphatic rings. The van der Waals surface area contributed by atoms with Crippen molar-refractivity contribution >= 4 is 45.9 Å². The first kappa shape index (κ1) is 19.6. The lowest BCUT2D eigenvalue weighted by molar-refractivity contribution is -0.384. The smallest absolute Gasteiger partial charge is 0.269 e. The Balaban J connectivity index is 1.53. The first-order valence-corrected chi connectivity index (χ1v) is 9.75. The number of benzene rings is 2. The summed E-state index contributed by atoms with van der Waals surface area (Å²) in [6, 6.07) is 12.3. The molecular formula is C18H13FN4O3S2. The fourth-order valence-corrected chi connectivity index (χ4v) is 3.84. The van der Waals surface area contributed by atoms with Crippen LogP contribution in [0.25, 0.3) is 6.08 Å². The molecule has 0 atom stereocenters. The number of rotatable bonds is 7. The molecule has 1 aromatic heterocycles. The van der Waals surface area contributed by atoms with Gasteiger partial charge in [0, 0.05) is 24.0 Å². The van der Waals surface area contributed by atoms with Crippen molar-refractivity contribution in [1.29, 1.82) is 0 Å². The van der Waals surface area contributed by atoms with Gasteiger partial charge < -0.3 is 0 Å². The van der Waals surface area contributed by atoms with Gasteiger partial charge in [-0.05, 0) is 35.4 Å². The Kier molecular flexibility index (Phi) is 6.45. The third-order valence-corrected chi connectivity index (χ3v) is 5.50. The molecule has 28 heavy (non-hydrogen) atoms. The van der Waals surface area contributed by atoms with Crippen molar-refractivity contribution in [2.24, 2.45) is 0 Å². The van der Waals surface area contributed by atoms with Crippen molar-refractivity contribution in [3.05, 3.63) is 81.7 Å². The number of hydrogen-bond acceptors (Lipinski definition) is 7. The van der Waals surface area contributed by atoms with Crippen molar-refractivity contribution in [1.82, 2.24) is 10.2 Å². The minimum absolute atomic E-state index is 0.0177. The number of hydrogen-bond donors (Lipinski definition) is 1. The van der Waals surface area contributed by atoms with E-state index in [2.05, 4.69) is 15.5 Å². The van der Waals surface area contributed by atoms with E-state index in [1.54, 1.807) is 30.3 Å². The number of halogens is 1. The Morgan fingerprint density at radius 3 is 2.68 bits per heavy atom. The zero-order valence-electron chi connectivity index (χ0n) is 14.2. The summed E-state index contributed by atoms with van der Waals surface area (Å²) in [6.45, 7) is 0. The number of carbonyl (C=O) groups excluding carboxylic acids is 1. The van der Waals surface area contributed by atoms with Crippen LogP contribution in [0.3, 0.4) is 0 Å². The number of anilines is 1. The second-order valence-electron chi connectivity index (χ2n) is 5.42. The number of amides is 1. The van der Waals surface area contributed by atoms with Crippen LogP contribution < -0.4 is 5.32 Å². The van der Waals surface area contributed by atoms with Crippen LogP contribution in [0.5, 0.6) is 0 Å². The first-order chi connectivity index (χ1) is 13.5. The fourth-order valence-electron chi connectivity index (χ4n) is 2.10. The average Bonchev–Trinajstić information content (AvgIpc) is 3.13. The van der Waals surface area contributed by atoms with Gasteiger partial charge in [-0.1, -0.05) is 41.3 Å². The van der Waals surface area contributed by atoms with Crippen molar-refractivity contribution in [2.75, 3.05) is 5.32 Å². The highest BCUT2D eigenvalue weighted by molar-refractivity contribution is 8.00. The molecule has 0 radical (unpaired) electrons. The second-order valence-corrected chi connectivity index (χ2v) is 7.62. The molecule has 10 heteroatoms. The quantitative estimate of drug-likeness (QED) is 0.200. The first-order valence-electron chi connectivity index (χ1n) is 7.94. The number of nitrogens with zero attached hydrogens (tertiary/aromatic N) is 3. The van der Waals surface area contributed by atoms with Crippen LogP contribution in [0.15, 0.2) is 58.9 Å². The largest absolute Gasteiger partial charge is 0.297 e. The Morgan fingerprint density at radius 1 is 1.21 bits per heavy atom. The number of carbonyl (C=O) groups is 1. The summed E-state index contributed by atoms with van der Waals surface area (Å²) in [5.41, 5.74) is 1.20. The van der Waals surface area contributed by atoms with E-state index in [0.29, 0.717) is 26.4 Å². The van der Waals surface area contributed by atoms with E-state index in [4.69, 9.17) is 0 Å². The summed E-state index contributed by atoms with van der Waals surface area (Å²) in [5, 5.41) is 21.4. The SMILES string of the molecule is O=C(/C=C/c1ccc([N+](=O)[O-])cc1)Nc1nnc(SCc2ccccc2F)s1. The van der Waals surface area contributed by atoms with E-state index in [-0.39, 0.29) is 11.5 Å². The molecule has 1 heterocycles. The average molecular weight is 416 g/mol. The van der Waals surface area contributed by atoms with Crippen LogP contribution in [0.1, 0.15) is 11.1 Å². The van der Waals surface area contributed by atoms with Gasteiger partial charge in [-0.3, -0.25) is 20.2 Å². The van der Waals surface area contributed by atoms with Crippen molar-refractivity contribution in [3.8, 4) is 0 Å². The minimum Gasteiger partial charge on any atom is -0.297 e. The molecule has 3 aromatic rings. The van der Waals surface area contributed by atoms with E-state index in [9.17, 15) is 19.3 Å². The maximum Gasteiger partial charge on any atom is 0.269 e. The normalized spacial score (nSPS) is 10.9. The monoisotopic (exact) mass is 416 g/mol. The Morgan fingerprint density at radius 2 is 1.96 bits per heavy atom. The van der Waals surface area contributed by atoms with Gasteiger partial charge in [0.1, 0.15) is 5.82 Å². The molecule has 0 saturated heterocycles. The minimum atomic E-state index is -0.489. The lowest BCUT2D eigenvalue weighted by Crippen LogP contribution is -2.07. The Labute approximate surface area is 167 Å². The maximum absolute atomic E-state index is 13.6. The van der Waals surface area contributed by atoms with Gasteiger partial charge in [-0.25, -0.2) is 4.39 Å². The number of thioether (sulfide) groups is 1. The summed E-state index contributed by atoms with van der Waals surface area (Å²) in [5.74, 6) is -0.264. The second kappa shape index (κ2) is 9.20. The molecule has 142 valence electrons. The highest BCUT2D eigenvalue weighted by atomic mass is 32.2. The van der Waals surface area contributed by atoms with E-state index in [0.717, 1.165) is 0 Å². The van der Waals surface area contributed by atoms with Crippen LogP contribution in [0, 0.1) is 15.9 Å². The topological polar surface area (TPSA) is 98.0 Å². The molecule has 0 aliphatic heterocycles. The van der Waals surface area contributed by atoms with Gasteiger partial charge >= 0.3 is 0 Å². The van der Waals surface area contributed by atoms with Crippen LogP contribution in [0.2, 0.25) is 0 Å². The van der Waals surface area contributed by atoms with Crippen LogP contribution >= 0.6 is 23.1 Å². The van der Waals surface area contributed by atoms with Gasteiger partial charge in [0.2, 0.25) is 11.0 Å². The van der Waals surface area contributed by atoms with E-state index >= 15 is 0 Å². The Hall–Kier alpha value is -3.11. The maximum atomic E-state index is 13.6. The zero-order valence-corrected chi connectivity index (χ0v) is 15.9. The van der Waals surface area contributed by atoms with Gasteiger partial charge in [-0.2, -0.15) is 0 Å². The fraction of sp³-hybridized carbons (Fsp3) is 0.0556. The number of non-ortho nitro benzene ring substituents is 1. The lowest BCUT2D eigenvalue weighted by Gasteiger charge is -1.99. The van der Waals surface area contributed by atoms with Crippen molar-refractivity contribution < 1.29 is 14.1 Å². The molecule has 0 aliphatic carbocycles. The number of nitrogens with one attached hydrogen (secondary N) is 1. The molecule has 0 saturated carbocycles. The molecule has 2 aromatic carbocycles. The van der Waals surface area contributed by atoms with E-state index in [1.807, 2.05) is 0 Å². The molecular weight excluding hydrogens is 403 g/mol. The standard InChI is InChI=1S/C18H13FN4O3S2/c19-15-4-2-1-3-13(15)11-27-18-22-21-17(28-18)20-16(24)10-7-12-5-8-14(9-6-12)23(25)26/h1-10H,11H2,(H,20,21,24)/b10-7+. The zero-order chi connectivity index (χ0) is 19.9. The van der Waals surface area contributed by atoms with E-state index in [1.165, 1.54) is 53.4 Å². The molecule has 3 rings (SSSR count). The highest BCUT2D eigenvalue weighted by Gasteiger charge is 2.09. The third-order valence-electron chi connectivity index (χ3n) is 3.48. The number of nitro benzene ring substituents is 1. The lowest BCUT2D eigenvalue weighted by atomic mass is 10.2. The predicted octanol–water partition coefficient (Wildman–Crippen LogP) is 4.53. The molecule has 0 fully saturated rings. The highest BCUT2D eigenvalue weighted by Crippen LogP contribution is 2.29. The van der Waals surface area contributed by atoms with Crippen molar-refractivity contribution in [3.63, 3.8) is 0 Å². The molecule has 1 amide bonds. The number of nitro groups is 1. The molecule has 7 nitrogen and oxygen atoms in total. The van der Waals surface area contributed by atoms with Gasteiger partial charge in [0.25, 0.3) is 5.69 Å². The third kappa shape index (κ3) is 5.44. The van der Waals surface area contributed by atoms with Gasteiger partial charge in [-0.15, -0.1) is 10.2 Å². The molecule has 1 N–H and O–H groups in total. The molecule has 0 bridgehead atoms. The predicted molar refractivity (Wildman–Crippen MR) is 107 cm³/mol. The Bertz CT molecular complexity index is 1020. The summed E-state index contributed by atoms with van der Waals surface area (Å²) < 4.78 is 14.2. The summed E-state index contributed by atoms with van der Waals surface area (Å²) in [4.78, 5) is 22.1. The van der Waals surface area contributed by atoms with E-state index < -0.39 is 10.8 Å². The van der Waals surface area contributed by atoms with Crippen molar-refractivity contribution in [2.45, 2.75) is 10.1 Å². The molecule has 0 spiro atoms. The van der Waals surface area contributed by atoms with Crippen LogP contribution in [0.4, 0.5) is 15.2 Å². The summed E-state index contributed by atoms with van der Waals surface area (Å²) >= 11 is 2.52. The van der Waals surface area contributed by atoms with Crippen LogP contribution in [-0.2, 0) is 10.5 Å². The number of aromatic nitrogens is 2. The van der Waals surface area contributed by atoms with Crippen LogP contribution in [-0.4, -0.2) is 21.0 Å². The van der Waals surface area contributed by atoms with Gasteiger partial charge in [0.05, 0.1) is 4.92 Å². The summed E-state index contributed by atoms with van der Waals surface area (Å²) in [7, 11) is 0. The summed E-state index contributed by atoms with van der Waals surface area (Å²) in [6.07, 6.45) is 2.84. The van der Waals surface area contributed by atoms with Gasteiger partial charge in [0.15, 0.2) is 4.34 Å².